The molecule has 1 aliphatic heterocycles. The van der Waals surface area contributed by atoms with Crippen molar-refractivity contribution in [2.24, 2.45) is 0 Å². The van der Waals surface area contributed by atoms with Crippen LogP contribution < -0.4 is 20.1 Å². The maximum atomic E-state index is 11.5. The van der Waals surface area contributed by atoms with Crippen molar-refractivity contribution >= 4 is 11.6 Å². The molecule has 0 bridgehead atoms. The zero-order valence-corrected chi connectivity index (χ0v) is 18.2. The van der Waals surface area contributed by atoms with Crippen molar-refractivity contribution in [2.45, 2.75) is 25.8 Å². The molecule has 3 aromatic rings. The van der Waals surface area contributed by atoms with Crippen molar-refractivity contribution < 1.29 is 14.3 Å². The van der Waals surface area contributed by atoms with E-state index in [0.717, 1.165) is 47.7 Å². The van der Waals surface area contributed by atoms with E-state index in [-0.39, 0.29) is 11.9 Å². The first-order valence-corrected chi connectivity index (χ1v) is 10.5. The molecule has 5 nitrogen and oxygen atoms in total. The fourth-order valence-electron chi connectivity index (χ4n) is 4.24. The Morgan fingerprint density at radius 3 is 2.45 bits per heavy atom. The zero-order chi connectivity index (χ0) is 21.8. The number of fused-ring (bicyclic) bond motifs is 1. The standard InChI is InChI=1S/C26H28N2O3/c1-17(29)28-23-7-5-4-6-21(23)19-10-8-18(9-11-19)14-24-22-16-26(31-3)25(30-2)15-20(22)12-13-27-24/h4-11,15-16,24,27H,12-14H2,1-3H3,(H,28,29). The second kappa shape index (κ2) is 9.23. The molecule has 0 saturated carbocycles. The number of para-hydroxylation sites is 1. The van der Waals surface area contributed by atoms with Crippen LogP contribution in [0.5, 0.6) is 11.5 Å². The monoisotopic (exact) mass is 416 g/mol. The van der Waals surface area contributed by atoms with Crippen LogP contribution in [0.1, 0.15) is 29.7 Å². The van der Waals surface area contributed by atoms with Gasteiger partial charge in [0.2, 0.25) is 5.91 Å². The second-order valence-electron chi connectivity index (χ2n) is 7.79. The summed E-state index contributed by atoms with van der Waals surface area (Å²) >= 11 is 0. The van der Waals surface area contributed by atoms with E-state index >= 15 is 0 Å². The van der Waals surface area contributed by atoms with Crippen LogP contribution in [0.25, 0.3) is 11.1 Å². The molecule has 0 aliphatic carbocycles. The predicted octanol–water partition coefficient (Wildman–Crippen LogP) is 4.76. The van der Waals surface area contributed by atoms with E-state index in [0.29, 0.717) is 0 Å². The molecule has 1 heterocycles. The number of ether oxygens (including phenoxy) is 2. The van der Waals surface area contributed by atoms with Gasteiger partial charge in [0.25, 0.3) is 0 Å². The van der Waals surface area contributed by atoms with Crippen molar-refractivity contribution in [2.75, 3.05) is 26.1 Å². The highest BCUT2D eigenvalue weighted by atomic mass is 16.5. The summed E-state index contributed by atoms with van der Waals surface area (Å²) in [4.78, 5) is 11.5. The number of hydrogen-bond acceptors (Lipinski definition) is 4. The Morgan fingerprint density at radius 1 is 1.03 bits per heavy atom. The Bertz CT molecular complexity index is 1080. The number of methoxy groups -OCH3 is 2. The largest absolute Gasteiger partial charge is 0.493 e. The molecule has 1 amide bonds. The quantitative estimate of drug-likeness (QED) is 0.608. The van der Waals surface area contributed by atoms with Gasteiger partial charge >= 0.3 is 0 Å². The molecule has 0 aromatic heterocycles. The maximum absolute atomic E-state index is 11.5. The van der Waals surface area contributed by atoms with E-state index in [1.165, 1.54) is 23.6 Å². The first-order chi connectivity index (χ1) is 15.1. The van der Waals surface area contributed by atoms with E-state index in [9.17, 15) is 4.79 Å². The summed E-state index contributed by atoms with van der Waals surface area (Å²) in [5.74, 6) is 1.47. The third-order valence-electron chi connectivity index (χ3n) is 5.75. The minimum atomic E-state index is -0.0711. The van der Waals surface area contributed by atoms with Crippen molar-refractivity contribution in [1.29, 1.82) is 0 Å². The molecule has 160 valence electrons. The molecule has 0 fully saturated rings. The topological polar surface area (TPSA) is 59.6 Å². The number of benzene rings is 3. The number of amides is 1. The summed E-state index contributed by atoms with van der Waals surface area (Å²) in [5, 5.41) is 6.56. The molecular formula is C26H28N2O3. The van der Waals surface area contributed by atoms with Gasteiger partial charge in [0.05, 0.1) is 14.2 Å². The third-order valence-corrected chi connectivity index (χ3v) is 5.75. The van der Waals surface area contributed by atoms with Crippen LogP contribution in [-0.4, -0.2) is 26.7 Å². The fourth-order valence-corrected chi connectivity index (χ4v) is 4.24. The van der Waals surface area contributed by atoms with Gasteiger partial charge in [-0.2, -0.15) is 0 Å². The highest BCUT2D eigenvalue weighted by Gasteiger charge is 2.23. The summed E-state index contributed by atoms with van der Waals surface area (Å²) in [5.41, 5.74) is 6.75. The number of nitrogens with one attached hydrogen (secondary N) is 2. The Balaban J connectivity index is 1.57. The molecule has 5 heteroatoms. The minimum Gasteiger partial charge on any atom is -0.493 e. The van der Waals surface area contributed by atoms with Gasteiger partial charge in [0.15, 0.2) is 11.5 Å². The average Bonchev–Trinajstić information content (AvgIpc) is 2.79. The number of hydrogen-bond donors (Lipinski definition) is 2. The van der Waals surface area contributed by atoms with Gasteiger partial charge in [-0.3, -0.25) is 4.79 Å². The first kappa shape index (κ1) is 20.9. The van der Waals surface area contributed by atoms with Crippen LogP contribution in [0.2, 0.25) is 0 Å². The smallest absolute Gasteiger partial charge is 0.221 e. The third kappa shape index (κ3) is 4.57. The van der Waals surface area contributed by atoms with E-state index in [2.05, 4.69) is 47.0 Å². The molecule has 1 aliphatic rings. The van der Waals surface area contributed by atoms with Crippen molar-refractivity contribution in [3.63, 3.8) is 0 Å². The second-order valence-corrected chi connectivity index (χ2v) is 7.79. The van der Waals surface area contributed by atoms with Crippen molar-refractivity contribution in [1.82, 2.24) is 5.32 Å². The lowest BCUT2D eigenvalue weighted by atomic mass is 9.89. The summed E-state index contributed by atoms with van der Waals surface area (Å²) in [6.07, 6.45) is 1.86. The molecule has 2 N–H and O–H groups in total. The van der Waals surface area contributed by atoms with Crippen LogP contribution in [0.4, 0.5) is 5.69 Å². The molecule has 0 spiro atoms. The maximum Gasteiger partial charge on any atom is 0.221 e. The van der Waals surface area contributed by atoms with Crippen LogP contribution in [0, 0.1) is 0 Å². The number of rotatable bonds is 6. The average molecular weight is 417 g/mol. The predicted molar refractivity (Wildman–Crippen MR) is 124 cm³/mol. The molecular weight excluding hydrogens is 388 g/mol. The minimum absolute atomic E-state index is 0.0711. The van der Waals surface area contributed by atoms with E-state index in [1.54, 1.807) is 14.2 Å². The van der Waals surface area contributed by atoms with E-state index in [1.807, 2.05) is 24.3 Å². The normalized spacial score (nSPS) is 15.1. The Kier molecular flexibility index (Phi) is 6.23. The van der Waals surface area contributed by atoms with E-state index < -0.39 is 0 Å². The molecule has 31 heavy (non-hydrogen) atoms. The lowest BCUT2D eigenvalue weighted by Gasteiger charge is -2.28. The molecule has 1 atom stereocenters. The first-order valence-electron chi connectivity index (χ1n) is 10.5. The molecule has 3 aromatic carbocycles. The number of carbonyl (C=O) groups is 1. The van der Waals surface area contributed by atoms with Crippen LogP contribution in [0.15, 0.2) is 60.7 Å². The van der Waals surface area contributed by atoms with Gasteiger partial charge in [-0.25, -0.2) is 0 Å². The van der Waals surface area contributed by atoms with Crippen LogP contribution in [-0.2, 0) is 17.6 Å². The van der Waals surface area contributed by atoms with Crippen LogP contribution >= 0.6 is 0 Å². The molecule has 1 unspecified atom stereocenters. The lowest BCUT2D eigenvalue weighted by Crippen LogP contribution is -2.31. The Labute approximate surface area is 183 Å². The SMILES string of the molecule is COc1cc2c(cc1OC)C(Cc1ccc(-c3ccccc3NC(C)=O)cc1)NCC2. The fraction of sp³-hybridized carbons (Fsp3) is 0.269. The van der Waals surface area contributed by atoms with Gasteiger partial charge in [0.1, 0.15) is 0 Å². The Hall–Kier alpha value is -3.31. The molecule has 4 rings (SSSR count). The summed E-state index contributed by atoms with van der Waals surface area (Å²) in [6, 6.07) is 20.9. The van der Waals surface area contributed by atoms with Gasteiger partial charge in [0, 0.05) is 24.2 Å². The van der Waals surface area contributed by atoms with Crippen molar-refractivity contribution in [3.8, 4) is 22.6 Å². The molecule has 0 radical (unpaired) electrons. The summed E-state index contributed by atoms with van der Waals surface area (Å²) < 4.78 is 11.0. The number of carbonyl (C=O) groups excluding carboxylic acids is 1. The van der Waals surface area contributed by atoms with Gasteiger partial charge in [-0.05, 0) is 59.8 Å². The lowest BCUT2D eigenvalue weighted by molar-refractivity contribution is -0.114. The zero-order valence-electron chi connectivity index (χ0n) is 18.2. The molecule has 0 saturated heterocycles. The van der Waals surface area contributed by atoms with Crippen LogP contribution in [0.3, 0.4) is 0 Å². The van der Waals surface area contributed by atoms with Gasteiger partial charge < -0.3 is 20.1 Å². The van der Waals surface area contributed by atoms with Gasteiger partial charge in [-0.1, -0.05) is 42.5 Å². The summed E-state index contributed by atoms with van der Waals surface area (Å²) in [6.45, 7) is 2.47. The Morgan fingerprint density at radius 2 is 1.74 bits per heavy atom. The van der Waals surface area contributed by atoms with Gasteiger partial charge in [-0.15, -0.1) is 0 Å². The van der Waals surface area contributed by atoms with Crippen molar-refractivity contribution in [3.05, 3.63) is 77.4 Å². The highest BCUT2D eigenvalue weighted by Crippen LogP contribution is 2.36. The number of anilines is 1. The van der Waals surface area contributed by atoms with E-state index in [4.69, 9.17) is 9.47 Å². The highest BCUT2D eigenvalue weighted by molar-refractivity contribution is 5.94. The summed E-state index contributed by atoms with van der Waals surface area (Å²) in [7, 11) is 3.35.